The lowest BCUT2D eigenvalue weighted by atomic mass is 10.1. The molecular weight excluding hydrogens is 461 g/mol. The number of nitrogens with zero attached hydrogens (tertiary/aromatic N) is 2. The van der Waals surface area contributed by atoms with Crippen molar-refractivity contribution in [1.29, 1.82) is 0 Å². The standard InChI is InChI=1S/C20H13Cl2F4N3O2/c21-12-2-1-3-13(23)15(12)29-8-11(16(30)10-6-7-14(22)27-18(10)29)19(31)28-17(9-4-5-9)20(24,25)26/h1-3,6-9,17H,4-5H2,(H,28,31). The minimum absolute atomic E-state index is 0.0174. The SMILES string of the molecule is O=C(NC(C1CC1)C(F)(F)F)c1cn(-c2c(F)cccc2Cl)c2nc(Cl)ccc2c1=O. The highest BCUT2D eigenvalue weighted by atomic mass is 35.5. The molecule has 1 aliphatic carbocycles. The van der Waals surface area contributed by atoms with Gasteiger partial charge in [0.05, 0.1) is 10.4 Å². The first-order valence-corrected chi connectivity index (χ1v) is 9.87. The molecule has 0 bridgehead atoms. The third-order valence-corrected chi connectivity index (χ3v) is 5.49. The monoisotopic (exact) mass is 473 g/mol. The first-order chi connectivity index (χ1) is 14.6. The predicted molar refractivity (Wildman–Crippen MR) is 107 cm³/mol. The van der Waals surface area contributed by atoms with Crippen molar-refractivity contribution in [2.75, 3.05) is 0 Å². The Bertz CT molecular complexity index is 1240. The Kier molecular flexibility index (Phi) is 5.43. The van der Waals surface area contributed by atoms with Crippen LogP contribution in [0.5, 0.6) is 0 Å². The van der Waals surface area contributed by atoms with E-state index in [4.69, 9.17) is 23.2 Å². The van der Waals surface area contributed by atoms with Gasteiger partial charge in [-0.1, -0.05) is 29.3 Å². The summed E-state index contributed by atoms with van der Waals surface area (Å²) < 4.78 is 55.7. The maximum Gasteiger partial charge on any atom is 0.408 e. The van der Waals surface area contributed by atoms with Crippen molar-refractivity contribution in [2.45, 2.75) is 25.1 Å². The van der Waals surface area contributed by atoms with Crippen LogP contribution >= 0.6 is 23.2 Å². The van der Waals surface area contributed by atoms with E-state index in [0.29, 0.717) is 12.8 Å². The number of nitrogens with one attached hydrogen (secondary N) is 1. The molecule has 31 heavy (non-hydrogen) atoms. The number of hydrogen-bond donors (Lipinski definition) is 1. The maximum absolute atomic E-state index is 14.6. The number of hydrogen-bond acceptors (Lipinski definition) is 3. The second kappa shape index (κ2) is 7.80. The molecule has 1 atom stereocenters. The molecule has 1 aromatic carbocycles. The van der Waals surface area contributed by atoms with Gasteiger partial charge in [-0.15, -0.1) is 0 Å². The molecule has 0 spiro atoms. The van der Waals surface area contributed by atoms with Gasteiger partial charge in [0.2, 0.25) is 5.43 Å². The highest BCUT2D eigenvalue weighted by molar-refractivity contribution is 6.32. The molecular formula is C20H13Cl2F4N3O2. The number of alkyl halides is 3. The van der Waals surface area contributed by atoms with E-state index >= 15 is 0 Å². The van der Waals surface area contributed by atoms with E-state index in [1.807, 2.05) is 5.32 Å². The molecule has 0 saturated heterocycles. The lowest BCUT2D eigenvalue weighted by Crippen LogP contribution is -2.48. The summed E-state index contributed by atoms with van der Waals surface area (Å²) in [7, 11) is 0. The van der Waals surface area contributed by atoms with Crippen LogP contribution < -0.4 is 10.7 Å². The third-order valence-electron chi connectivity index (χ3n) is 4.97. The summed E-state index contributed by atoms with van der Waals surface area (Å²) in [5, 5.41) is 1.69. The molecule has 162 valence electrons. The zero-order chi connectivity index (χ0) is 22.5. The van der Waals surface area contributed by atoms with E-state index in [9.17, 15) is 27.2 Å². The maximum atomic E-state index is 14.6. The van der Waals surface area contributed by atoms with Crippen molar-refractivity contribution in [1.82, 2.24) is 14.9 Å². The highest BCUT2D eigenvalue weighted by Gasteiger charge is 2.49. The second-order valence-corrected chi connectivity index (χ2v) is 7.94. The van der Waals surface area contributed by atoms with Crippen molar-refractivity contribution in [3.8, 4) is 5.69 Å². The number of carbonyl (C=O) groups is 1. The fourth-order valence-corrected chi connectivity index (χ4v) is 3.74. The van der Waals surface area contributed by atoms with Crippen molar-refractivity contribution in [3.63, 3.8) is 0 Å². The molecule has 1 saturated carbocycles. The number of halogens is 6. The normalized spacial score (nSPS) is 15.2. The van der Waals surface area contributed by atoms with Crippen LogP contribution in [0.1, 0.15) is 23.2 Å². The van der Waals surface area contributed by atoms with Crippen LogP contribution in [0.3, 0.4) is 0 Å². The lowest BCUT2D eigenvalue weighted by molar-refractivity contribution is -0.158. The van der Waals surface area contributed by atoms with Gasteiger partial charge >= 0.3 is 6.18 Å². The van der Waals surface area contributed by atoms with E-state index < -0.39 is 40.9 Å². The molecule has 1 amide bonds. The minimum Gasteiger partial charge on any atom is -0.340 e. The number of carbonyl (C=O) groups excluding carboxylic acids is 1. The fraction of sp³-hybridized carbons (Fsp3) is 0.250. The van der Waals surface area contributed by atoms with E-state index in [-0.39, 0.29) is 26.9 Å². The predicted octanol–water partition coefficient (Wildman–Crippen LogP) is 4.90. The lowest BCUT2D eigenvalue weighted by Gasteiger charge is -2.21. The van der Waals surface area contributed by atoms with Gasteiger partial charge in [0.1, 0.15) is 33.9 Å². The van der Waals surface area contributed by atoms with Crippen LogP contribution in [0.15, 0.2) is 41.3 Å². The van der Waals surface area contributed by atoms with Gasteiger partial charge in [0.25, 0.3) is 5.91 Å². The summed E-state index contributed by atoms with van der Waals surface area (Å²) in [4.78, 5) is 29.6. The van der Waals surface area contributed by atoms with Gasteiger partial charge in [0, 0.05) is 6.20 Å². The van der Waals surface area contributed by atoms with Gasteiger partial charge in [-0.3, -0.25) is 14.2 Å². The molecule has 1 unspecified atom stereocenters. The Morgan fingerprint density at radius 3 is 2.52 bits per heavy atom. The van der Waals surface area contributed by atoms with Crippen LogP contribution in [0, 0.1) is 11.7 Å². The van der Waals surface area contributed by atoms with E-state index in [0.717, 1.165) is 16.8 Å². The number of amides is 1. The zero-order valence-corrected chi connectivity index (χ0v) is 17.0. The summed E-state index contributed by atoms with van der Waals surface area (Å²) in [6.07, 6.45) is -3.11. The smallest absolute Gasteiger partial charge is 0.340 e. The van der Waals surface area contributed by atoms with E-state index in [2.05, 4.69) is 4.98 Å². The summed E-state index contributed by atoms with van der Waals surface area (Å²) >= 11 is 12.0. The van der Waals surface area contributed by atoms with Crippen molar-refractivity contribution < 1.29 is 22.4 Å². The Morgan fingerprint density at radius 1 is 1.19 bits per heavy atom. The van der Waals surface area contributed by atoms with Crippen LogP contribution in [-0.4, -0.2) is 27.7 Å². The largest absolute Gasteiger partial charge is 0.408 e. The number of para-hydroxylation sites is 1. The van der Waals surface area contributed by atoms with Gasteiger partial charge in [0.15, 0.2) is 0 Å². The first kappa shape index (κ1) is 21.6. The van der Waals surface area contributed by atoms with Gasteiger partial charge in [-0.2, -0.15) is 13.2 Å². The third kappa shape index (κ3) is 4.12. The topological polar surface area (TPSA) is 64.0 Å². The molecule has 1 N–H and O–H groups in total. The van der Waals surface area contributed by atoms with Gasteiger partial charge in [-0.25, -0.2) is 9.37 Å². The Balaban J connectivity index is 1.91. The van der Waals surface area contributed by atoms with Gasteiger partial charge < -0.3 is 5.32 Å². The average Bonchev–Trinajstić information content (AvgIpc) is 3.51. The van der Waals surface area contributed by atoms with Crippen molar-refractivity contribution >= 4 is 40.1 Å². The summed E-state index contributed by atoms with van der Waals surface area (Å²) in [6.45, 7) is 0. The number of rotatable bonds is 4. The number of fused-ring (bicyclic) bond motifs is 1. The van der Waals surface area contributed by atoms with Crippen LogP contribution in [0.25, 0.3) is 16.7 Å². The minimum atomic E-state index is -4.67. The summed E-state index contributed by atoms with van der Waals surface area (Å²) in [5.74, 6) is -2.76. The first-order valence-electron chi connectivity index (χ1n) is 9.12. The Morgan fingerprint density at radius 2 is 1.90 bits per heavy atom. The van der Waals surface area contributed by atoms with E-state index in [1.54, 1.807) is 0 Å². The molecule has 4 rings (SSSR count). The zero-order valence-electron chi connectivity index (χ0n) is 15.5. The molecule has 0 radical (unpaired) electrons. The number of aromatic nitrogens is 2. The Hall–Kier alpha value is -2.65. The van der Waals surface area contributed by atoms with Crippen LogP contribution in [0.4, 0.5) is 17.6 Å². The average molecular weight is 474 g/mol. The summed E-state index contributed by atoms with van der Waals surface area (Å²) in [6, 6.07) is 4.29. The fourth-order valence-electron chi connectivity index (χ4n) is 3.35. The number of benzene rings is 1. The second-order valence-electron chi connectivity index (χ2n) is 7.15. The van der Waals surface area contributed by atoms with Crippen LogP contribution in [0.2, 0.25) is 10.2 Å². The van der Waals surface area contributed by atoms with Crippen molar-refractivity contribution in [2.24, 2.45) is 5.92 Å². The molecule has 5 nitrogen and oxygen atoms in total. The molecule has 3 aromatic rings. The number of pyridine rings is 2. The molecule has 0 aliphatic heterocycles. The van der Waals surface area contributed by atoms with E-state index in [1.165, 1.54) is 24.3 Å². The van der Waals surface area contributed by atoms with Crippen molar-refractivity contribution in [3.05, 3.63) is 68.3 Å². The summed E-state index contributed by atoms with van der Waals surface area (Å²) in [5.41, 5.74) is -1.80. The molecule has 1 fully saturated rings. The molecule has 11 heteroatoms. The molecule has 1 aliphatic rings. The quantitative estimate of drug-likeness (QED) is 0.432. The molecule has 2 aromatic heterocycles. The van der Waals surface area contributed by atoms with Crippen LogP contribution in [-0.2, 0) is 0 Å². The highest BCUT2D eigenvalue weighted by Crippen LogP contribution is 2.40. The Labute approximate surface area is 182 Å². The molecule has 2 heterocycles. The van der Waals surface area contributed by atoms with Gasteiger partial charge in [-0.05, 0) is 43.0 Å².